The van der Waals surface area contributed by atoms with Crippen LogP contribution in [0.1, 0.15) is 0 Å². The fourth-order valence-electron chi connectivity index (χ4n) is 2.27. The van der Waals surface area contributed by atoms with Gasteiger partial charge in [-0.25, -0.2) is 4.68 Å². The van der Waals surface area contributed by atoms with E-state index in [0.717, 1.165) is 28.0 Å². The minimum atomic E-state index is 0.861. The first-order valence-electron chi connectivity index (χ1n) is 6.36. The summed E-state index contributed by atoms with van der Waals surface area (Å²) in [6.45, 7) is 0. The van der Waals surface area contributed by atoms with Gasteiger partial charge in [0.1, 0.15) is 11.3 Å². The molecule has 0 amide bonds. The normalized spacial score (nSPS) is 11.0. The molecule has 2 aromatic heterocycles. The van der Waals surface area contributed by atoms with E-state index in [9.17, 15) is 0 Å². The molecule has 20 heavy (non-hydrogen) atoms. The lowest BCUT2D eigenvalue weighted by Gasteiger charge is -2.03. The Morgan fingerprint density at radius 2 is 1.70 bits per heavy atom. The van der Waals surface area contributed by atoms with Crippen LogP contribution in [0.5, 0.6) is 0 Å². The molecule has 2 heterocycles. The third-order valence-corrected chi connectivity index (χ3v) is 3.27. The van der Waals surface area contributed by atoms with Gasteiger partial charge in [0.25, 0.3) is 0 Å². The summed E-state index contributed by atoms with van der Waals surface area (Å²) in [6, 6.07) is 19.8. The monoisotopic (exact) mass is 261 g/mol. The zero-order valence-electron chi connectivity index (χ0n) is 10.6. The molecule has 4 heteroatoms. The Balaban J connectivity index is 1.79. The van der Waals surface area contributed by atoms with Crippen molar-refractivity contribution in [2.24, 2.45) is 0 Å². The summed E-state index contributed by atoms with van der Waals surface area (Å²) in [6.07, 6.45) is 1.67. The highest BCUT2D eigenvalue weighted by Gasteiger charge is 2.06. The molecule has 4 aromatic rings. The van der Waals surface area contributed by atoms with Gasteiger partial charge in [-0.05, 0) is 48.5 Å². The van der Waals surface area contributed by atoms with Gasteiger partial charge in [0.15, 0.2) is 0 Å². The number of benzene rings is 2. The first kappa shape index (κ1) is 11.0. The van der Waals surface area contributed by atoms with Gasteiger partial charge >= 0.3 is 0 Å². The van der Waals surface area contributed by atoms with Crippen molar-refractivity contribution in [2.45, 2.75) is 0 Å². The number of furan rings is 1. The maximum Gasteiger partial charge on any atom is 0.133 e. The summed E-state index contributed by atoms with van der Waals surface area (Å²) < 4.78 is 7.22. The van der Waals surface area contributed by atoms with Crippen LogP contribution in [-0.4, -0.2) is 15.0 Å². The molecule has 0 atom stereocenters. The molecule has 0 aliphatic rings. The van der Waals surface area contributed by atoms with Gasteiger partial charge in [0.2, 0.25) is 0 Å². The van der Waals surface area contributed by atoms with Crippen LogP contribution in [-0.2, 0) is 0 Å². The lowest BCUT2D eigenvalue weighted by Crippen LogP contribution is -1.96. The number of rotatable bonds is 2. The molecular weight excluding hydrogens is 250 g/mol. The predicted molar refractivity (Wildman–Crippen MR) is 76.6 cm³/mol. The summed E-state index contributed by atoms with van der Waals surface area (Å²) in [7, 11) is 0. The quantitative estimate of drug-likeness (QED) is 0.553. The molecule has 0 aliphatic carbocycles. The summed E-state index contributed by atoms with van der Waals surface area (Å²) in [5.41, 5.74) is 3.91. The lowest BCUT2D eigenvalue weighted by molar-refractivity contribution is 0.582. The SMILES string of the molecule is c1coc(-c2ccc(-n3nnc4ccccc43)cc2)c1. The van der Waals surface area contributed by atoms with Gasteiger partial charge < -0.3 is 4.42 Å². The molecule has 96 valence electrons. The maximum atomic E-state index is 5.39. The van der Waals surface area contributed by atoms with E-state index in [1.165, 1.54) is 0 Å². The van der Waals surface area contributed by atoms with Crippen LogP contribution >= 0.6 is 0 Å². The Labute approximate surface area is 115 Å². The average Bonchev–Trinajstić information content (AvgIpc) is 3.17. The fourth-order valence-corrected chi connectivity index (χ4v) is 2.27. The van der Waals surface area contributed by atoms with Crippen LogP contribution in [0, 0.1) is 0 Å². The van der Waals surface area contributed by atoms with E-state index in [2.05, 4.69) is 10.3 Å². The Bertz CT molecular complexity index is 845. The Morgan fingerprint density at radius 3 is 2.50 bits per heavy atom. The second kappa shape index (κ2) is 4.35. The van der Waals surface area contributed by atoms with Crippen molar-refractivity contribution < 1.29 is 4.42 Å². The minimum Gasteiger partial charge on any atom is -0.464 e. The first-order chi connectivity index (χ1) is 9.92. The van der Waals surface area contributed by atoms with E-state index >= 15 is 0 Å². The van der Waals surface area contributed by atoms with E-state index in [-0.39, 0.29) is 0 Å². The number of aromatic nitrogens is 3. The second-order valence-corrected chi connectivity index (χ2v) is 4.51. The molecule has 0 saturated heterocycles. The van der Waals surface area contributed by atoms with E-state index in [1.807, 2.05) is 65.3 Å². The number of hydrogen-bond acceptors (Lipinski definition) is 3. The van der Waals surface area contributed by atoms with Crippen LogP contribution in [0.2, 0.25) is 0 Å². The Kier molecular flexibility index (Phi) is 2.39. The van der Waals surface area contributed by atoms with E-state index in [1.54, 1.807) is 6.26 Å². The molecule has 0 radical (unpaired) electrons. The summed E-state index contributed by atoms with van der Waals surface area (Å²) in [5, 5.41) is 8.36. The molecule has 4 rings (SSSR count). The summed E-state index contributed by atoms with van der Waals surface area (Å²) in [4.78, 5) is 0. The van der Waals surface area contributed by atoms with Gasteiger partial charge in [0, 0.05) is 5.56 Å². The van der Waals surface area contributed by atoms with Crippen LogP contribution in [0.3, 0.4) is 0 Å². The van der Waals surface area contributed by atoms with Crippen molar-refractivity contribution in [3.05, 3.63) is 66.9 Å². The highest BCUT2D eigenvalue weighted by molar-refractivity contribution is 5.76. The molecule has 0 fully saturated rings. The van der Waals surface area contributed by atoms with Crippen molar-refractivity contribution in [3.63, 3.8) is 0 Å². The lowest BCUT2D eigenvalue weighted by atomic mass is 10.1. The Morgan fingerprint density at radius 1 is 0.850 bits per heavy atom. The first-order valence-corrected chi connectivity index (χ1v) is 6.36. The minimum absolute atomic E-state index is 0.861. The number of hydrogen-bond donors (Lipinski definition) is 0. The highest BCUT2D eigenvalue weighted by Crippen LogP contribution is 2.22. The molecule has 4 nitrogen and oxygen atoms in total. The highest BCUT2D eigenvalue weighted by atomic mass is 16.3. The average molecular weight is 261 g/mol. The van der Waals surface area contributed by atoms with Crippen molar-refractivity contribution >= 4 is 11.0 Å². The van der Waals surface area contributed by atoms with Crippen LogP contribution < -0.4 is 0 Å². The standard InChI is InChI=1S/C16H11N3O/c1-2-5-15-14(4-1)17-18-19(15)13-9-7-12(8-10-13)16-6-3-11-20-16/h1-11H. The molecule has 0 N–H and O–H groups in total. The zero-order chi connectivity index (χ0) is 13.4. The number of nitrogens with zero attached hydrogens (tertiary/aromatic N) is 3. The third-order valence-electron chi connectivity index (χ3n) is 3.27. The van der Waals surface area contributed by atoms with Gasteiger partial charge in [-0.2, -0.15) is 0 Å². The van der Waals surface area contributed by atoms with Crippen molar-refractivity contribution in [1.29, 1.82) is 0 Å². The van der Waals surface area contributed by atoms with Gasteiger partial charge in [0.05, 0.1) is 17.5 Å². The zero-order valence-corrected chi connectivity index (χ0v) is 10.6. The molecule has 0 saturated carbocycles. The van der Waals surface area contributed by atoms with Gasteiger partial charge in [-0.3, -0.25) is 0 Å². The third kappa shape index (κ3) is 1.70. The number of fused-ring (bicyclic) bond motifs is 1. The van der Waals surface area contributed by atoms with Crippen LogP contribution in [0.15, 0.2) is 71.3 Å². The van der Waals surface area contributed by atoms with Gasteiger partial charge in [-0.15, -0.1) is 5.10 Å². The van der Waals surface area contributed by atoms with E-state index in [0.29, 0.717) is 0 Å². The largest absolute Gasteiger partial charge is 0.464 e. The molecule has 0 unspecified atom stereocenters. The molecule has 2 aromatic carbocycles. The van der Waals surface area contributed by atoms with E-state index < -0.39 is 0 Å². The summed E-state index contributed by atoms with van der Waals surface area (Å²) in [5.74, 6) is 0.861. The predicted octanol–water partition coefficient (Wildman–Crippen LogP) is 3.68. The molecule has 0 spiro atoms. The fraction of sp³-hybridized carbons (Fsp3) is 0. The topological polar surface area (TPSA) is 43.9 Å². The smallest absolute Gasteiger partial charge is 0.133 e. The van der Waals surface area contributed by atoms with Gasteiger partial charge in [-0.1, -0.05) is 17.3 Å². The maximum absolute atomic E-state index is 5.39. The van der Waals surface area contributed by atoms with Crippen molar-refractivity contribution in [1.82, 2.24) is 15.0 Å². The molecule has 0 aliphatic heterocycles. The number of para-hydroxylation sites is 1. The van der Waals surface area contributed by atoms with Crippen molar-refractivity contribution in [3.8, 4) is 17.0 Å². The molecular formula is C16H11N3O. The Hall–Kier alpha value is -2.88. The summed E-state index contributed by atoms with van der Waals surface area (Å²) >= 11 is 0. The van der Waals surface area contributed by atoms with Crippen LogP contribution in [0.25, 0.3) is 28.0 Å². The molecule has 0 bridgehead atoms. The van der Waals surface area contributed by atoms with Crippen LogP contribution in [0.4, 0.5) is 0 Å². The second-order valence-electron chi connectivity index (χ2n) is 4.51. The van der Waals surface area contributed by atoms with Crippen molar-refractivity contribution in [2.75, 3.05) is 0 Å². The van der Waals surface area contributed by atoms with E-state index in [4.69, 9.17) is 4.42 Å².